The third-order valence-electron chi connectivity index (χ3n) is 4.40. The predicted octanol–water partition coefficient (Wildman–Crippen LogP) is 3.29. The summed E-state index contributed by atoms with van der Waals surface area (Å²) >= 11 is 0. The lowest BCUT2D eigenvalue weighted by molar-refractivity contribution is -0.127. The van der Waals surface area contributed by atoms with Gasteiger partial charge in [-0.1, -0.05) is 0 Å². The summed E-state index contributed by atoms with van der Waals surface area (Å²) in [5, 5.41) is 0. The standard InChI is InChI=1S/C15H18F2N2O/c1-15(16,17)12-8-10(18)4-7-13(12)19-11-5-2-9(3-6-11)14(19)20/h4,7-9,11H,2-3,5-6,18H2,1H3. The van der Waals surface area contributed by atoms with Gasteiger partial charge < -0.3 is 10.6 Å². The van der Waals surface area contributed by atoms with Gasteiger partial charge in [0.2, 0.25) is 5.91 Å². The van der Waals surface area contributed by atoms with Crippen molar-refractivity contribution >= 4 is 17.3 Å². The minimum atomic E-state index is -3.01. The molecule has 3 fully saturated rings. The first-order chi connectivity index (χ1) is 9.38. The second kappa shape index (κ2) is 4.43. The van der Waals surface area contributed by atoms with Crippen molar-refractivity contribution in [3.05, 3.63) is 23.8 Å². The summed E-state index contributed by atoms with van der Waals surface area (Å²) in [6, 6.07) is 4.48. The summed E-state index contributed by atoms with van der Waals surface area (Å²) in [6.45, 7) is 0.845. The van der Waals surface area contributed by atoms with E-state index in [9.17, 15) is 13.6 Å². The Morgan fingerprint density at radius 2 is 1.90 bits per heavy atom. The Morgan fingerprint density at radius 3 is 2.45 bits per heavy atom. The van der Waals surface area contributed by atoms with Crippen LogP contribution in [0.15, 0.2) is 18.2 Å². The van der Waals surface area contributed by atoms with Crippen molar-refractivity contribution in [3.8, 4) is 0 Å². The van der Waals surface area contributed by atoms with Crippen LogP contribution in [0.2, 0.25) is 0 Å². The van der Waals surface area contributed by atoms with Crippen LogP contribution in [-0.2, 0) is 10.7 Å². The minimum absolute atomic E-state index is 0.00381. The first-order valence-corrected chi connectivity index (χ1v) is 6.99. The Kier molecular flexibility index (Phi) is 2.96. The van der Waals surface area contributed by atoms with Crippen LogP contribution < -0.4 is 10.6 Å². The Balaban J connectivity index is 2.08. The number of hydrogen-bond donors (Lipinski definition) is 1. The first kappa shape index (κ1) is 13.3. The number of piperidine rings is 2. The molecule has 1 aliphatic carbocycles. The van der Waals surface area contributed by atoms with E-state index in [0.29, 0.717) is 11.4 Å². The zero-order chi connectivity index (χ0) is 14.5. The summed E-state index contributed by atoms with van der Waals surface area (Å²) in [4.78, 5) is 14.0. The molecule has 1 aromatic rings. The maximum atomic E-state index is 13.8. The molecule has 0 aromatic heterocycles. The fraction of sp³-hybridized carbons (Fsp3) is 0.533. The molecule has 2 N–H and O–H groups in total. The van der Waals surface area contributed by atoms with Gasteiger partial charge in [-0.3, -0.25) is 4.79 Å². The molecule has 2 aliphatic heterocycles. The van der Waals surface area contributed by atoms with Gasteiger partial charge in [0, 0.05) is 30.1 Å². The molecule has 1 amide bonds. The summed E-state index contributed by atoms with van der Waals surface area (Å²) in [5.41, 5.74) is 6.09. The largest absolute Gasteiger partial charge is 0.399 e. The number of rotatable bonds is 2. The molecule has 1 aromatic carbocycles. The summed E-state index contributed by atoms with van der Waals surface area (Å²) in [7, 11) is 0. The average Bonchev–Trinajstić information content (AvgIpc) is 2.40. The van der Waals surface area contributed by atoms with Gasteiger partial charge in [0.25, 0.3) is 5.92 Å². The number of nitrogen functional groups attached to an aromatic ring is 1. The van der Waals surface area contributed by atoms with Gasteiger partial charge in [0.15, 0.2) is 0 Å². The second-order valence-electron chi connectivity index (χ2n) is 5.88. The van der Waals surface area contributed by atoms with E-state index < -0.39 is 5.92 Å². The van der Waals surface area contributed by atoms with Crippen LogP contribution in [0.4, 0.5) is 20.2 Å². The number of nitrogens with zero attached hydrogens (tertiary/aromatic N) is 1. The lowest BCUT2D eigenvalue weighted by Gasteiger charge is -2.45. The summed E-state index contributed by atoms with van der Waals surface area (Å²) in [6.07, 6.45) is 3.56. The van der Waals surface area contributed by atoms with E-state index in [4.69, 9.17) is 5.73 Å². The monoisotopic (exact) mass is 280 g/mol. The first-order valence-electron chi connectivity index (χ1n) is 6.99. The maximum absolute atomic E-state index is 13.8. The van der Waals surface area contributed by atoms with Gasteiger partial charge in [0.05, 0.1) is 5.69 Å². The highest BCUT2D eigenvalue weighted by molar-refractivity contribution is 5.98. The molecule has 5 heteroatoms. The topological polar surface area (TPSA) is 46.3 Å². The van der Waals surface area contributed by atoms with Gasteiger partial charge in [-0.2, -0.15) is 0 Å². The van der Waals surface area contributed by atoms with Gasteiger partial charge in [-0.25, -0.2) is 8.78 Å². The van der Waals surface area contributed by atoms with Crippen LogP contribution in [-0.4, -0.2) is 11.9 Å². The molecule has 0 spiro atoms. The van der Waals surface area contributed by atoms with Crippen LogP contribution in [0.3, 0.4) is 0 Å². The number of benzene rings is 1. The molecule has 108 valence electrons. The molecule has 2 bridgehead atoms. The molecule has 20 heavy (non-hydrogen) atoms. The summed E-state index contributed by atoms with van der Waals surface area (Å²) < 4.78 is 27.7. The van der Waals surface area contributed by atoms with Crippen LogP contribution in [0.1, 0.15) is 38.2 Å². The van der Waals surface area contributed by atoms with Crippen LogP contribution in [0.25, 0.3) is 0 Å². The number of anilines is 2. The fourth-order valence-corrected chi connectivity index (χ4v) is 3.39. The van der Waals surface area contributed by atoms with E-state index in [1.165, 1.54) is 6.07 Å². The number of nitrogens with two attached hydrogens (primary N) is 1. The summed E-state index contributed by atoms with van der Waals surface area (Å²) in [5.74, 6) is -3.03. The van der Waals surface area contributed by atoms with E-state index in [1.54, 1.807) is 17.0 Å². The number of fused-ring (bicyclic) bond motifs is 3. The Hall–Kier alpha value is -1.65. The second-order valence-corrected chi connectivity index (χ2v) is 5.88. The zero-order valence-electron chi connectivity index (χ0n) is 11.4. The maximum Gasteiger partial charge on any atom is 0.272 e. The van der Waals surface area contributed by atoms with Crippen LogP contribution >= 0.6 is 0 Å². The van der Waals surface area contributed by atoms with Crippen molar-refractivity contribution in [3.63, 3.8) is 0 Å². The quantitative estimate of drug-likeness (QED) is 0.845. The lowest BCUT2D eigenvalue weighted by Crippen LogP contribution is -2.53. The molecule has 0 atom stereocenters. The van der Waals surface area contributed by atoms with Gasteiger partial charge in [-0.15, -0.1) is 0 Å². The van der Waals surface area contributed by atoms with Gasteiger partial charge in [0.1, 0.15) is 0 Å². The van der Waals surface area contributed by atoms with Crippen molar-refractivity contribution in [2.75, 3.05) is 10.6 Å². The highest BCUT2D eigenvalue weighted by Crippen LogP contribution is 2.43. The number of hydrogen-bond acceptors (Lipinski definition) is 2. The average molecular weight is 280 g/mol. The number of halogens is 2. The SMILES string of the molecule is CC(F)(F)c1cc(N)ccc1N1C(=O)C2CCC1CC2. The number of amides is 1. The fourth-order valence-electron chi connectivity index (χ4n) is 3.39. The van der Waals surface area contributed by atoms with Crippen molar-refractivity contribution in [1.82, 2.24) is 0 Å². The van der Waals surface area contributed by atoms with Crippen molar-refractivity contribution < 1.29 is 13.6 Å². The predicted molar refractivity (Wildman–Crippen MR) is 73.7 cm³/mol. The molecular weight excluding hydrogens is 262 g/mol. The number of carbonyl (C=O) groups excluding carboxylic acids is 1. The van der Waals surface area contributed by atoms with E-state index in [-0.39, 0.29) is 23.4 Å². The number of alkyl halides is 2. The van der Waals surface area contributed by atoms with E-state index in [0.717, 1.165) is 32.6 Å². The Labute approximate surface area is 116 Å². The molecular formula is C15H18F2N2O. The molecule has 1 saturated carbocycles. The smallest absolute Gasteiger partial charge is 0.272 e. The third-order valence-corrected chi connectivity index (χ3v) is 4.40. The van der Waals surface area contributed by atoms with Gasteiger partial charge >= 0.3 is 0 Å². The minimum Gasteiger partial charge on any atom is -0.399 e. The molecule has 2 saturated heterocycles. The molecule has 2 heterocycles. The highest BCUT2D eigenvalue weighted by atomic mass is 19.3. The molecule has 4 rings (SSSR count). The molecule has 0 unspecified atom stereocenters. The molecule has 0 radical (unpaired) electrons. The van der Waals surface area contributed by atoms with E-state index in [2.05, 4.69) is 0 Å². The highest BCUT2D eigenvalue weighted by Gasteiger charge is 2.43. The van der Waals surface area contributed by atoms with Crippen LogP contribution in [0.5, 0.6) is 0 Å². The normalized spacial score (nSPS) is 26.1. The van der Waals surface area contributed by atoms with E-state index in [1.807, 2.05) is 0 Å². The molecule has 3 nitrogen and oxygen atoms in total. The Bertz CT molecular complexity index is 545. The van der Waals surface area contributed by atoms with E-state index >= 15 is 0 Å². The van der Waals surface area contributed by atoms with Gasteiger partial charge in [-0.05, 0) is 43.9 Å². The number of carbonyl (C=O) groups is 1. The lowest BCUT2D eigenvalue weighted by atomic mass is 9.78. The van der Waals surface area contributed by atoms with Crippen LogP contribution in [0, 0.1) is 5.92 Å². The van der Waals surface area contributed by atoms with Crippen molar-refractivity contribution in [1.29, 1.82) is 0 Å². The van der Waals surface area contributed by atoms with Crippen molar-refractivity contribution in [2.45, 2.75) is 44.6 Å². The zero-order valence-corrected chi connectivity index (χ0v) is 11.4. The third kappa shape index (κ3) is 2.05. The van der Waals surface area contributed by atoms with Crippen molar-refractivity contribution in [2.24, 2.45) is 5.92 Å². The molecule has 3 aliphatic rings. The Morgan fingerprint density at radius 1 is 1.25 bits per heavy atom.